The molecule has 2 fully saturated rings. The predicted molar refractivity (Wildman–Crippen MR) is 157 cm³/mol. The van der Waals surface area contributed by atoms with Crippen LogP contribution in [-0.2, 0) is 33.8 Å². The van der Waals surface area contributed by atoms with Crippen molar-refractivity contribution in [3.05, 3.63) is 35.5 Å². The minimum atomic E-state index is -4.23. The lowest BCUT2D eigenvalue weighted by Crippen LogP contribution is -2.55. The number of amides is 1. The molecule has 2 aromatic rings. The number of hydrogen-bond acceptors (Lipinski definition) is 12. The molecule has 0 spiro atoms. The minimum absolute atomic E-state index is 0.00817. The highest BCUT2D eigenvalue weighted by Gasteiger charge is 2.48. The summed E-state index contributed by atoms with van der Waals surface area (Å²) in [4.78, 5) is 48.4. The molecule has 0 radical (unpaired) electrons. The Balaban J connectivity index is 0.000000259. The van der Waals surface area contributed by atoms with Gasteiger partial charge < -0.3 is 29.8 Å². The van der Waals surface area contributed by atoms with E-state index in [1.54, 1.807) is 24.8 Å². The van der Waals surface area contributed by atoms with E-state index in [4.69, 9.17) is 9.84 Å². The maximum absolute atomic E-state index is 13.1. The van der Waals surface area contributed by atoms with Crippen molar-refractivity contribution in [3.8, 4) is 5.88 Å². The standard InChI is InChI=1S/C19H32N2O5.C10H8N2O7S/c1-4-8-14(19(25)26-5-2)20-12(3)17(22)21-15-10-7-6-9-13(15)11-16(21)18(23)24;13-8(14)6-18-9-10(12(15)19-11-9)20(16,17)7-4-2-1-3-5-7/h12-16,20H,4-11H2,1-3H3,(H,23,24);1-5H,6H2,(H,13,14)/t12-,13-,14-,15-,16-;/m0./s1. The van der Waals surface area contributed by atoms with Gasteiger partial charge in [-0.25, -0.2) is 18.0 Å². The van der Waals surface area contributed by atoms with E-state index < -0.39 is 57.4 Å². The number of aliphatic carboxylic acids is 2. The average Bonchev–Trinajstić information content (AvgIpc) is 3.61. The fraction of sp³-hybridized carbons (Fsp3) is 0.586. The zero-order valence-corrected chi connectivity index (χ0v) is 26.7. The molecule has 3 N–H and O–H groups in total. The molecule has 1 aliphatic carbocycles. The molecule has 0 unspecified atom stereocenters. The summed E-state index contributed by atoms with van der Waals surface area (Å²) >= 11 is 0. The van der Waals surface area contributed by atoms with E-state index in [0.717, 1.165) is 32.1 Å². The SMILES string of the molecule is CCC[C@H](N[C@@H](C)C(=O)N1[C@H](C(=O)O)C[C@@H]2CCCC[C@@H]21)C(=O)OCC.O=C(O)COc1no[n+]([O-])c1S(=O)(=O)c1ccccc1. The number of nitrogens with zero attached hydrogens (tertiary/aromatic N) is 3. The number of sulfone groups is 1. The second kappa shape index (κ2) is 16.4. The summed E-state index contributed by atoms with van der Waals surface area (Å²) in [7, 11) is -4.23. The molecule has 1 aliphatic heterocycles. The number of hydrogen-bond donors (Lipinski definition) is 3. The Labute approximate surface area is 266 Å². The zero-order chi connectivity index (χ0) is 34.0. The van der Waals surface area contributed by atoms with E-state index in [2.05, 4.69) is 19.8 Å². The van der Waals surface area contributed by atoms with Gasteiger partial charge in [-0.3, -0.25) is 19.5 Å². The van der Waals surface area contributed by atoms with Crippen molar-refractivity contribution >= 4 is 33.7 Å². The fourth-order valence-corrected chi connectivity index (χ4v) is 7.06. The van der Waals surface area contributed by atoms with Crippen LogP contribution in [0, 0.1) is 11.1 Å². The van der Waals surface area contributed by atoms with Crippen LogP contribution in [0.2, 0.25) is 0 Å². The number of carbonyl (C=O) groups is 4. The predicted octanol–water partition coefficient (Wildman–Crippen LogP) is 1.54. The van der Waals surface area contributed by atoms with Gasteiger partial charge in [-0.15, -0.1) is 0 Å². The van der Waals surface area contributed by atoms with Crippen molar-refractivity contribution in [3.63, 3.8) is 0 Å². The molecule has 1 saturated carbocycles. The number of benzene rings is 1. The van der Waals surface area contributed by atoms with Crippen LogP contribution in [-0.4, -0.2) is 89.9 Å². The third kappa shape index (κ3) is 8.72. The van der Waals surface area contributed by atoms with Gasteiger partial charge >= 0.3 is 28.8 Å². The number of nitrogens with one attached hydrogen (secondary N) is 1. The first kappa shape index (κ1) is 36.2. The molecule has 254 valence electrons. The van der Waals surface area contributed by atoms with Gasteiger partial charge in [0.25, 0.3) is 9.84 Å². The highest BCUT2D eigenvalue weighted by atomic mass is 32.2. The van der Waals surface area contributed by atoms with Gasteiger partial charge in [-0.05, 0) is 62.5 Å². The van der Waals surface area contributed by atoms with Crippen LogP contribution in [0.4, 0.5) is 0 Å². The first-order valence-corrected chi connectivity index (χ1v) is 16.5. The summed E-state index contributed by atoms with van der Waals surface area (Å²) in [5.74, 6) is -3.30. The first-order chi connectivity index (χ1) is 21.8. The molecule has 46 heavy (non-hydrogen) atoms. The number of carboxylic acid groups (broad SMARTS) is 2. The van der Waals surface area contributed by atoms with Crippen LogP contribution in [0.3, 0.4) is 0 Å². The molecule has 1 saturated heterocycles. The Morgan fingerprint density at radius 1 is 1.15 bits per heavy atom. The molecule has 4 rings (SSSR count). The summed E-state index contributed by atoms with van der Waals surface area (Å²) in [5, 5.41) is 34.7. The third-order valence-corrected chi connectivity index (χ3v) is 9.51. The monoisotopic (exact) mass is 668 g/mol. The van der Waals surface area contributed by atoms with Gasteiger partial charge in [-0.1, -0.05) is 44.4 Å². The van der Waals surface area contributed by atoms with E-state index in [1.807, 2.05) is 6.92 Å². The average molecular weight is 669 g/mol. The number of aromatic nitrogens is 2. The van der Waals surface area contributed by atoms with Gasteiger partial charge in [0.05, 0.1) is 22.7 Å². The number of ether oxygens (including phenoxy) is 2. The van der Waals surface area contributed by atoms with Crippen LogP contribution < -0.4 is 15.0 Å². The smallest absolute Gasteiger partial charge is 0.415 e. The van der Waals surface area contributed by atoms with Crippen molar-refractivity contribution in [1.29, 1.82) is 0 Å². The zero-order valence-electron chi connectivity index (χ0n) is 25.9. The van der Waals surface area contributed by atoms with Crippen LogP contribution in [0.1, 0.15) is 65.7 Å². The van der Waals surface area contributed by atoms with E-state index in [1.165, 1.54) is 24.3 Å². The third-order valence-electron chi connectivity index (χ3n) is 7.78. The Hall–Kier alpha value is -4.25. The molecular weight excluding hydrogens is 628 g/mol. The lowest BCUT2D eigenvalue weighted by atomic mass is 9.84. The normalized spacial score (nSPS) is 20.4. The lowest BCUT2D eigenvalue weighted by Gasteiger charge is -2.35. The van der Waals surface area contributed by atoms with Crippen molar-refractivity contribution in [1.82, 2.24) is 15.4 Å². The van der Waals surface area contributed by atoms with Crippen molar-refractivity contribution in [2.24, 2.45) is 5.92 Å². The van der Waals surface area contributed by atoms with Crippen LogP contribution in [0.15, 0.2) is 44.9 Å². The quantitative estimate of drug-likeness (QED) is 0.203. The van der Waals surface area contributed by atoms with Crippen LogP contribution in [0.5, 0.6) is 5.88 Å². The molecule has 1 aromatic heterocycles. The molecule has 1 aromatic carbocycles. The van der Waals surface area contributed by atoms with Gasteiger partial charge in [-0.2, -0.15) is 0 Å². The summed E-state index contributed by atoms with van der Waals surface area (Å²) in [5.41, 5.74) is 0. The van der Waals surface area contributed by atoms with Crippen molar-refractivity contribution < 1.29 is 56.8 Å². The van der Waals surface area contributed by atoms with Crippen molar-refractivity contribution in [2.75, 3.05) is 13.2 Å². The maximum Gasteiger partial charge on any atom is 0.415 e. The Morgan fingerprint density at radius 2 is 1.83 bits per heavy atom. The highest BCUT2D eigenvalue weighted by Crippen LogP contribution is 2.40. The van der Waals surface area contributed by atoms with Crippen molar-refractivity contribution in [2.45, 2.75) is 99.8 Å². The van der Waals surface area contributed by atoms with E-state index >= 15 is 0 Å². The van der Waals surface area contributed by atoms with Gasteiger partial charge in [0, 0.05) is 6.04 Å². The highest BCUT2D eigenvalue weighted by molar-refractivity contribution is 7.91. The Morgan fingerprint density at radius 3 is 2.43 bits per heavy atom. The minimum Gasteiger partial charge on any atom is -0.480 e. The Kier molecular flexibility index (Phi) is 12.9. The Bertz CT molecular complexity index is 1470. The molecule has 1 amide bonds. The molecular formula is C29H40N4O12S. The topological polar surface area (TPSA) is 230 Å². The second-order valence-corrected chi connectivity index (χ2v) is 12.8. The largest absolute Gasteiger partial charge is 0.480 e. The number of carboxylic acids is 2. The number of carbonyl (C=O) groups excluding carboxylic acids is 2. The van der Waals surface area contributed by atoms with Gasteiger partial charge in [0.2, 0.25) is 5.91 Å². The fourth-order valence-electron chi connectivity index (χ4n) is 5.77. The number of esters is 1. The first-order valence-electron chi connectivity index (χ1n) is 15.0. The summed E-state index contributed by atoms with van der Waals surface area (Å²) in [6.45, 7) is 4.86. The molecule has 5 atom stereocenters. The lowest BCUT2D eigenvalue weighted by molar-refractivity contribution is -0.832. The number of rotatable bonds is 13. The van der Waals surface area contributed by atoms with Gasteiger partial charge in [0.1, 0.15) is 12.1 Å². The van der Waals surface area contributed by atoms with E-state index in [-0.39, 0.29) is 33.6 Å². The molecule has 0 bridgehead atoms. The second-order valence-electron chi connectivity index (χ2n) is 11.0. The maximum atomic E-state index is 13.1. The summed E-state index contributed by atoms with van der Waals surface area (Å²) < 4.78 is 38.3. The van der Waals surface area contributed by atoms with Gasteiger partial charge in [0.15, 0.2) is 6.61 Å². The molecule has 2 heterocycles. The van der Waals surface area contributed by atoms with E-state index in [9.17, 15) is 37.9 Å². The number of fused-ring (bicyclic) bond motifs is 1. The molecule has 16 nitrogen and oxygen atoms in total. The summed E-state index contributed by atoms with van der Waals surface area (Å²) in [6, 6.07) is 5.14. The van der Waals surface area contributed by atoms with Crippen LogP contribution in [0.25, 0.3) is 0 Å². The van der Waals surface area contributed by atoms with Crippen LogP contribution >= 0.6 is 0 Å². The van der Waals surface area contributed by atoms with E-state index in [0.29, 0.717) is 19.4 Å². The molecule has 2 aliphatic rings. The molecule has 17 heteroatoms. The summed E-state index contributed by atoms with van der Waals surface area (Å²) in [6.07, 6.45) is 5.87. The number of likely N-dealkylation sites (tertiary alicyclic amines) is 1.